The van der Waals surface area contributed by atoms with E-state index in [4.69, 9.17) is 4.74 Å². The van der Waals surface area contributed by atoms with Crippen molar-refractivity contribution in [3.63, 3.8) is 0 Å². The molecule has 0 amide bonds. The largest absolute Gasteiger partial charge is 0.481 e. The minimum atomic E-state index is -3.49. The maximum atomic E-state index is 13.7. The lowest BCUT2D eigenvalue weighted by atomic mass is 9.32. The molecule has 3 N–H and O–H groups in total. The second kappa shape index (κ2) is 15.6. The summed E-state index contributed by atoms with van der Waals surface area (Å²) in [6.07, 6.45) is 10.9. The molecule has 13 atom stereocenters. The van der Waals surface area contributed by atoms with E-state index in [2.05, 4.69) is 63.1 Å². The van der Waals surface area contributed by atoms with Crippen LogP contribution in [0.3, 0.4) is 0 Å². The van der Waals surface area contributed by atoms with E-state index in [1.807, 2.05) is 13.8 Å². The highest BCUT2D eigenvalue weighted by atomic mass is 32.2. The van der Waals surface area contributed by atoms with Crippen molar-refractivity contribution in [1.29, 1.82) is 0 Å². The molecular formula is C47H79N3O8S2. The van der Waals surface area contributed by atoms with Gasteiger partial charge in [-0.3, -0.25) is 14.5 Å². The number of allylic oxidation sites excluding steroid dienone is 1. The zero-order valence-corrected chi connectivity index (χ0v) is 40.2. The molecule has 11 nitrogen and oxygen atoms in total. The van der Waals surface area contributed by atoms with Crippen LogP contribution in [0, 0.1) is 68.5 Å². The Bertz CT molecular complexity index is 1920. The van der Waals surface area contributed by atoms with Crippen LogP contribution < -0.4 is 10.0 Å². The third kappa shape index (κ3) is 7.37. The first-order valence-electron chi connectivity index (χ1n) is 23.4. The number of aliphatic carboxylic acids is 1. The van der Waals surface area contributed by atoms with Gasteiger partial charge in [0.15, 0.2) is 9.84 Å². The fraction of sp³-hybridized carbons (Fsp3) is 0.915. The van der Waals surface area contributed by atoms with Gasteiger partial charge in [0.25, 0.3) is 0 Å². The number of carbonyl (C=O) groups excluding carboxylic acids is 1. The summed E-state index contributed by atoms with van der Waals surface area (Å²) in [6, 6.07) is -0.163. The molecule has 1 aliphatic heterocycles. The fourth-order valence-corrected chi connectivity index (χ4v) is 17.7. The second-order valence-corrected chi connectivity index (χ2v) is 27.9. The summed E-state index contributed by atoms with van der Waals surface area (Å²) in [5.74, 6) is 0.525. The van der Waals surface area contributed by atoms with E-state index in [-0.39, 0.29) is 69.3 Å². The van der Waals surface area contributed by atoms with Crippen molar-refractivity contribution < 1.29 is 36.3 Å². The van der Waals surface area contributed by atoms with Gasteiger partial charge in [-0.25, -0.2) is 21.6 Å². The number of esters is 1. The van der Waals surface area contributed by atoms with Crippen LogP contribution in [0.1, 0.15) is 140 Å². The molecule has 6 saturated carbocycles. The SMILES string of the molecule is C=C(C)[C@@H]1CC[C@]2(NC[C@H](CNS(=O)(=O)C(C)C)N3CCS(=O)(=O)CC3)CC[C@]3(C)[C@H](CC[C@@H]4[C@@]5(C)CC[C@H](OC(=O)[C@H]6C[C@@H](C(=O)O)C6(C)C)C(C)(C)[C@@H]5CC[C@]43C)[C@@H]12. The number of hydrogen-bond donors (Lipinski definition) is 3. The van der Waals surface area contributed by atoms with E-state index < -0.39 is 42.4 Å². The van der Waals surface area contributed by atoms with Crippen LogP contribution in [-0.2, 0) is 34.2 Å². The van der Waals surface area contributed by atoms with Crippen LogP contribution in [0.4, 0.5) is 0 Å². The number of hydrogen-bond acceptors (Lipinski definition) is 9. The highest BCUT2D eigenvalue weighted by molar-refractivity contribution is 7.91. The number of carboxylic acids is 1. The average Bonchev–Trinajstić information content (AvgIpc) is 3.53. The Morgan fingerprint density at radius 1 is 0.833 bits per heavy atom. The van der Waals surface area contributed by atoms with Crippen molar-refractivity contribution in [2.75, 3.05) is 37.7 Å². The van der Waals surface area contributed by atoms with Crippen molar-refractivity contribution in [3.05, 3.63) is 12.2 Å². The molecule has 0 aromatic heterocycles. The lowest BCUT2D eigenvalue weighted by Gasteiger charge is -2.73. The molecule has 0 aromatic carbocycles. The van der Waals surface area contributed by atoms with Crippen LogP contribution in [0.15, 0.2) is 12.2 Å². The number of fused-ring (bicyclic) bond motifs is 7. The lowest BCUT2D eigenvalue weighted by molar-refractivity contribution is -0.248. The Hall–Kier alpha value is -1.54. The standard InChI is InChI=1S/C47H79N3O8S2/c1-29(2)32-14-19-47(48-27-31(28-49-60(56,57)30(3)4)50-22-24-59(54,55)25-23-50)21-20-45(10)33(39(32)47)12-13-37-44(9)17-16-38(43(7,8)36(44)15-18-46(37,45)11)58-41(53)35-26-34(40(51)52)42(35,5)6/h30-39,48-49H,1,12-28H2,2-11H3,(H,51,52)/t31-,32+,33-,34+,35-,36+,37-,38+,39-,44+,45-,46-,47+/m1/s1. The van der Waals surface area contributed by atoms with Crippen molar-refractivity contribution in [2.45, 2.75) is 163 Å². The molecule has 1 heterocycles. The number of nitrogens with zero attached hydrogens (tertiary/aromatic N) is 1. The molecule has 0 unspecified atom stereocenters. The van der Waals surface area contributed by atoms with Gasteiger partial charge < -0.3 is 15.2 Å². The number of carbonyl (C=O) groups is 2. The highest BCUT2D eigenvalue weighted by Gasteiger charge is 2.71. The number of carboxylic acid groups (broad SMARTS) is 1. The van der Waals surface area contributed by atoms with Crippen LogP contribution >= 0.6 is 0 Å². The first-order valence-corrected chi connectivity index (χ1v) is 26.8. The molecular weight excluding hydrogens is 799 g/mol. The molecule has 0 radical (unpaired) electrons. The minimum absolute atomic E-state index is 0.0987. The van der Waals surface area contributed by atoms with Crippen LogP contribution in [0.25, 0.3) is 0 Å². The highest BCUT2D eigenvalue weighted by Crippen LogP contribution is 2.76. The maximum Gasteiger partial charge on any atom is 0.309 e. The van der Waals surface area contributed by atoms with Gasteiger partial charge in [-0.2, -0.15) is 0 Å². The van der Waals surface area contributed by atoms with Crippen LogP contribution in [-0.4, -0.2) is 99.4 Å². The number of sulfone groups is 1. The van der Waals surface area contributed by atoms with Crippen molar-refractivity contribution in [2.24, 2.45) is 68.5 Å². The molecule has 7 fully saturated rings. The molecule has 342 valence electrons. The second-order valence-electron chi connectivity index (χ2n) is 23.3. The van der Waals surface area contributed by atoms with Gasteiger partial charge in [0.05, 0.1) is 28.6 Å². The molecule has 0 aromatic rings. The third-order valence-electron chi connectivity index (χ3n) is 19.8. The number of nitrogens with one attached hydrogen (secondary N) is 2. The van der Waals surface area contributed by atoms with Gasteiger partial charge in [0, 0.05) is 43.2 Å². The summed E-state index contributed by atoms with van der Waals surface area (Å²) in [5.41, 5.74) is 0.702. The van der Waals surface area contributed by atoms with Gasteiger partial charge >= 0.3 is 11.9 Å². The van der Waals surface area contributed by atoms with Gasteiger partial charge in [-0.15, -0.1) is 0 Å². The molecule has 7 aliphatic rings. The summed E-state index contributed by atoms with van der Waals surface area (Å²) in [7, 11) is -6.59. The molecule has 0 bridgehead atoms. The smallest absolute Gasteiger partial charge is 0.309 e. The predicted octanol–water partition coefficient (Wildman–Crippen LogP) is 7.07. The molecule has 0 spiro atoms. The van der Waals surface area contributed by atoms with Crippen molar-refractivity contribution >= 4 is 31.8 Å². The number of rotatable bonds is 12. The van der Waals surface area contributed by atoms with E-state index >= 15 is 0 Å². The Labute approximate surface area is 362 Å². The first-order chi connectivity index (χ1) is 27.7. The lowest BCUT2D eigenvalue weighted by Crippen LogP contribution is -2.69. The van der Waals surface area contributed by atoms with E-state index in [0.717, 1.165) is 51.4 Å². The summed E-state index contributed by atoms with van der Waals surface area (Å²) in [6.45, 7) is 28.1. The Kier molecular flexibility index (Phi) is 12.1. The van der Waals surface area contributed by atoms with E-state index in [9.17, 15) is 31.5 Å². The Morgan fingerprint density at radius 2 is 1.50 bits per heavy atom. The van der Waals surface area contributed by atoms with Crippen LogP contribution in [0.5, 0.6) is 0 Å². The fourth-order valence-electron chi connectivity index (χ4n) is 15.7. The Morgan fingerprint density at radius 3 is 2.10 bits per heavy atom. The summed E-state index contributed by atoms with van der Waals surface area (Å²) >= 11 is 0. The van der Waals surface area contributed by atoms with E-state index in [1.165, 1.54) is 18.4 Å². The van der Waals surface area contributed by atoms with Gasteiger partial charge in [0.1, 0.15) is 6.10 Å². The monoisotopic (exact) mass is 878 g/mol. The molecule has 13 heteroatoms. The molecule has 7 rings (SSSR count). The zero-order chi connectivity index (χ0) is 44.2. The molecule has 1 saturated heterocycles. The maximum absolute atomic E-state index is 13.7. The van der Waals surface area contributed by atoms with Gasteiger partial charge in [-0.05, 0) is 143 Å². The number of ether oxygens (including phenoxy) is 1. The van der Waals surface area contributed by atoms with E-state index in [0.29, 0.717) is 55.6 Å². The van der Waals surface area contributed by atoms with Crippen molar-refractivity contribution in [3.8, 4) is 0 Å². The molecule has 6 aliphatic carbocycles. The Balaban J connectivity index is 1.11. The van der Waals surface area contributed by atoms with Gasteiger partial charge in [-0.1, -0.05) is 60.6 Å². The number of sulfonamides is 1. The topological polar surface area (TPSA) is 159 Å². The summed E-state index contributed by atoms with van der Waals surface area (Å²) < 4.78 is 60.1. The third-order valence-corrected chi connectivity index (χ3v) is 23.3. The minimum Gasteiger partial charge on any atom is -0.481 e. The van der Waals surface area contributed by atoms with Gasteiger partial charge in [0.2, 0.25) is 10.0 Å². The normalized spacial score (nSPS) is 43.6. The molecule has 60 heavy (non-hydrogen) atoms. The predicted molar refractivity (Wildman–Crippen MR) is 236 cm³/mol. The summed E-state index contributed by atoms with van der Waals surface area (Å²) in [5, 5.41) is 13.3. The quantitative estimate of drug-likeness (QED) is 0.137. The average molecular weight is 878 g/mol. The summed E-state index contributed by atoms with van der Waals surface area (Å²) in [4.78, 5) is 27.7. The van der Waals surface area contributed by atoms with E-state index in [1.54, 1.807) is 13.8 Å². The van der Waals surface area contributed by atoms with Crippen LogP contribution in [0.2, 0.25) is 0 Å². The first kappa shape index (κ1) is 46.5. The zero-order valence-electron chi connectivity index (χ0n) is 38.6. The van der Waals surface area contributed by atoms with Crippen molar-refractivity contribution in [1.82, 2.24) is 14.9 Å².